The minimum atomic E-state index is -0.0698. The monoisotopic (exact) mass is 410 g/mol. The Balaban J connectivity index is 1.74. The molecule has 1 atom stereocenters. The largest absolute Gasteiger partial charge is 0.490 e. The van der Waals surface area contributed by atoms with Crippen molar-refractivity contribution in [3.63, 3.8) is 0 Å². The highest BCUT2D eigenvalue weighted by Gasteiger charge is 2.17. The summed E-state index contributed by atoms with van der Waals surface area (Å²) in [6.45, 7) is 9.10. The van der Waals surface area contributed by atoms with Gasteiger partial charge in [-0.1, -0.05) is 18.2 Å². The minimum Gasteiger partial charge on any atom is -0.490 e. The van der Waals surface area contributed by atoms with Crippen LogP contribution < -0.4 is 9.80 Å². The Hall–Kier alpha value is -3.96. The first kappa shape index (κ1) is 21.7. The van der Waals surface area contributed by atoms with Gasteiger partial charge >= 0.3 is 0 Å². The molecular formula is C26H26N4O. The predicted octanol–water partition coefficient (Wildman–Crippen LogP) is 5.92. The van der Waals surface area contributed by atoms with Crippen molar-refractivity contribution < 1.29 is 4.74 Å². The Morgan fingerprint density at radius 2 is 1.61 bits per heavy atom. The van der Waals surface area contributed by atoms with Crippen molar-refractivity contribution in [3.05, 3.63) is 94.7 Å². The van der Waals surface area contributed by atoms with Gasteiger partial charge in [0.1, 0.15) is 5.76 Å². The highest BCUT2D eigenvalue weighted by atomic mass is 16.5. The molecule has 1 unspecified atom stereocenters. The Morgan fingerprint density at radius 1 is 1.03 bits per heavy atom. The summed E-state index contributed by atoms with van der Waals surface area (Å²) in [6, 6.07) is 18.7. The topological polar surface area (TPSA) is 43.9 Å². The van der Waals surface area contributed by atoms with Crippen molar-refractivity contribution in [1.82, 2.24) is 0 Å². The molecule has 0 N–H and O–H groups in total. The van der Waals surface area contributed by atoms with Crippen LogP contribution >= 0.6 is 0 Å². The Bertz CT molecular complexity index is 1080. The second-order valence-corrected chi connectivity index (χ2v) is 7.67. The number of nitriles is 1. The fraction of sp³-hybridized carbons (Fsp3) is 0.231. The van der Waals surface area contributed by atoms with Crippen molar-refractivity contribution in [2.24, 2.45) is 0 Å². The van der Waals surface area contributed by atoms with E-state index >= 15 is 0 Å². The molecule has 1 aliphatic heterocycles. The van der Waals surface area contributed by atoms with E-state index in [1.165, 1.54) is 5.69 Å². The maximum atomic E-state index is 9.13. The molecule has 156 valence electrons. The van der Waals surface area contributed by atoms with E-state index in [9.17, 15) is 0 Å². The number of anilines is 3. The number of benzene rings is 2. The van der Waals surface area contributed by atoms with Crippen molar-refractivity contribution in [1.29, 1.82) is 5.26 Å². The van der Waals surface area contributed by atoms with Gasteiger partial charge in [0.15, 0.2) is 0 Å². The fourth-order valence-corrected chi connectivity index (χ4v) is 3.38. The van der Waals surface area contributed by atoms with Gasteiger partial charge in [0.05, 0.1) is 18.7 Å². The number of nitrogens with zero attached hydrogens (tertiary/aromatic N) is 4. The normalized spacial score (nSPS) is 17.2. The number of ether oxygens (including phenoxy) is 1. The molecule has 5 nitrogen and oxygen atoms in total. The van der Waals surface area contributed by atoms with E-state index in [4.69, 9.17) is 16.6 Å². The molecule has 5 heteroatoms. The summed E-state index contributed by atoms with van der Waals surface area (Å²) >= 11 is 0. The van der Waals surface area contributed by atoms with E-state index in [1.54, 1.807) is 6.08 Å². The van der Waals surface area contributed by atoms with E-state index in [0.717, 1.165) is 22.5 Å². The lowest BCUT2D eigenvalue weighted by molar-refractivity contribution is 0.133. The summed E-state index contributed by atoms with van der Waals surface area (Å²) in [5.41, 5.74) is 5.29. The highest BCUT2D eigenvalue weighted by Crippen LogP contribution is 2.28. The van der Waals surface area contributed by atoms with Crippen LogP contribution in [0.2, 0.25) is 0 Å². The molecule has 0 amide bonds. The zero-order valence-electron chi connectivity index (χ0n) is 18.3. The van der Waals surface area contributed by atoms with Crippen LogP contribution in [0.4, 0.5) is 17.1 Å². The molecule has 0 fully saturated rings. The van der Waals surface area contributed by atoms with Gasteiger partial charge in [-0.15, -0.1) is 0 Å². The summed E-state index contributed by atoms with van der Waals surface area (Å²) in [4.78, 5) is 7.55. The standard InChI is InChI=1S/C26H26N4O/c1-19-16-21(26(18-27)28-2)17-25(31-19)15-8-20-6-9-23(10-7-20)30(5)24-13-11-22(12-14-24)29(3)4/h6-15,17,19H,16H2,1,3-5H3/b15-8+,26-21-. The van der Waals surface area contributed by atoms with Crippen molar-refractivity contribution in [2.45, 2.75) is 19.4 Å². The predicted molar refractivity (Wildman–Crippen MR) is 127 cm³/mol. The summed E-state index contributed by atoms with van der Waals surface area (Å²) in [5, 5.41) is 9.13. The van der Waals surface area contributed by atoms with Crippen LogP contribution in [0.1, 0.15) is 18.9 Å². The lowest BCUT2D eigenvalue weighted by Crippen LogP contribution is -2.13. The quantitative estimate of drug-likeness (QED) is 0.453. The first-order valence-corrected chi connectivity index (χ1v) is 10.1. The van der Waals surface area contributed by atoms with Gasteiger partial charge in [-0.2, -0.15) is 0 Å². The van der Waals surface area contributed by atoms with Gasteiger partial charge in [-0.25, -0.2) is 10.1 Å². The van der Waals surface area contributed by atoms with Gasteiger partial charge in [0.2, 0.25) is 0 Å². The van der Waals surface area contributed by atoms with E-state index in [0.29, 0.717) is 12.2 Å². The summed E-state index contributed by atoms with van der Waals surface area (Å²) < 4.78 is 5.84. The van der Waals surface area contributed by atoms with Gasteiger partial charge in [-0.05, 0) is 66.6 Å². The van der Waals surface area contributed by atoms with Gasteiger partial charge in [-0.3, -0.25) is 0 Å². The van der Waals surface area contributed by atoms with Gasteiger partial charge < -0.3 is 14.5 Å². The van der Waals surface area contributed by atoms with Crippen LogP contribution in [-0.4, -0.2) is 27.2 Å². The average Bonchev–Trinajstić information content (AvgIpc) is 2.78. The van der Waals surface area contributed by atoms with Crippen LogP contribution in [0.3, 0.4) is 0 Å². The lowest BCUT2D eigenvalue weighted by Gasteiger charge is -2.22. The molecule has 0 bridgehead atoms. The molecule has 0 spiro atoms. The molecule has 3 rings (SSSR count). The van der Waals surface area contributed by atoms with Crippen LogP contribution in [0, 0.1) is 17.9 Å². The molecule has 31 heavy (non-hydrogen) atoms. The molecule has 1 aliphatic rings. The zero-order chi connectivity index (χ0) is 22.4. The lowest BCUT2D eigenvalue weighted by atomic mass is 10.0. The number of allylic oxidation sites excluding steroid dienone is 3. The second kappa shape index (κ2) is 9.69. The first-order chi connectivity index (χ1) is 14.9. The number of rotatable bonds is 5. The highest BCUT2D eigenvalue weighted by molar-refractivity contribution is 5.66. The fourth-order valence-electron chi connectivity index (χ4n) is 3.38. The van der Waals surface area contributed by atoms with E-state index in [2.05, 4.69) is 70.2 Å². The number of hydrogen-bond acceptors (Lipinski definition) is 4. The molecular weight excluding hydrogens is 384 g/mol. The molecule has 0 aromatic heterocycles. The molecule has 0 aliphatic carbocycles. The molecule has 0 saturated carbocycles. The van der Waals surface area contributed by atoms with Crippen LogP contribution in [0.25, 0.3) is 10.9 Å². The molecule has 0 saturated heterocycles. The zero-order valence-corrected chi connectivity index (χ0v) is 18.3. The maximum absolute atomic E-state index is 9.13. The molecule has 2 aromatic rings. The second-order valence-electron chi connectivity index (χ2n) is 7.67. The third kappa shape index (κ3) is 5.35. The Morgan fingerprint density at radius 3 is 2.16 bits per heavy atom. The first-order valence-electron chi connectivity index (χ1n) is 10.1. The smallest absolute Gasteiger partial charge is 0.265 e. The van der Waals surface area contributed by atoms with E-state index in [-0.39, 0.29) is 11.8 Å². The Kier molecular flexibility index (Phi) is 6.80. The minimum absolute atomic E-state index is 0.0698. The third-order valence-electron chi connectivity index (χ3n) is 5.16. The summed E-state index contributed by atoms with van der Waals surface area (Å²) in [7, 11) is 6.12. The van der Waals surface area contributed by atoms with E-state index in [1.807, 2.05) is 39.2 Å². The molecule has 2 aromatic carbocycles. The van der Waals surface area contributed by atoms with Crippen molar-refractivity contribution in [2.75, 3.05) is 30.9 Å². The average molecular weight is 411 g/mol. The Labute approximate surface area is 184 Å². The summed E-state index contributed by atoms with van der Waals surface area (Å²) in [5.74, 6) is 0.660. The number of hydrogen-bond donors (Lipinski definition) is 0. The van der Waals surface area contributed by atoms with Gasteiger partial charge in [0.25, 0.3) is 5.70 Å². The van der Waals surface area contributed by atoms with Crippen LogP contribution in [0.15, 0.2) is 77.7 Å². The third-order valence-corrected chi connectivity index (χ3v) is 5.16. The van der Waals surface area contributed by atoms with E-state index < -0.39 is 0 Å². The SMILES string of the molecule is [C-]#[N+]/C(C#N)=C1C=C(/C=C/c2ccc(N(C)c3ccc(N(C)C)cc3)cc2)OC(C)C\1. The van der Waals surface area contributed by atoms with Gasteiger partial charge in [0, 0.05) is 44.6 Å². The maximum Gasteiger partial charge on any atom is 0.265 e. The molecule has 0 radical (unpaired) electrons. The summed E-state index contributed by atoms with van der Waals surface area (Å²) in [6.07, 6.45) is 6.14. The van der Waals surface area contributed by atoms with Crippen LogP contribution in [-0.2, 0) is 4.74 Å². The van der Waals surface area contributed by atoms with Crippen molar-refractivity contribution in [3.8, 4) is 6.07 Å². The molecule has 1 heterocycles. The van der Waals surface area contributed by atoms with Crippen molar-refractivity contribution >= 4 is 23.1 Å². The van der Waals surface area contributed by atoms with Crippen LogP contribution in [0.5, 0.6) is 0 Å².